The Labute approximate surface area is 102 Å². The van der Waals surface area contributed by atoms with Crippen molar-refractivity contribution in [3.05, 3.63) is 17.5 Å². The Morgan fingerprint density at radius 3 is 2.88 bits per heavy atom. The lowest BCUT2D eigenvalue weighted by Gasteiger charge is -2.34. The predicted octanol–water partition coefficient (Wildman–Crippen LogP) is 2.02. The summed E-state index contributed by atoms with van der Waals surface area (Å²) in [6, 6.07) is 0.682. The van der Waals surface area contributed by atoms with Crippen LogP contribution in [0.5, 0.6) is 0 Å². The molecule has 4 nitrogen and oxygen atoms in total. The van der Waals surface area contributed by atoms with Gasteiger partial charge in [-0.3, -0.25) is 0 Å². The molecule has 0 aliphatic heterocycles. The van der Waals surface area contributed by atoms with Crippen LogP contribution in [-0.2, 0) is 6.42 Å². The van der Waals surface area contributed by atoms with E-state index in [1.165, 1.54) is 12.8 Å². The molecule has 0 radical (unpaired) electrons. The van der Waals surface area contributed by atoms with E-state index in [1.54, 1.807) is 0 Å². The van der Waals surface area contributed by atoms with Gasteiger partial charge in [0.15, 0.2) is 0 Å². The minimum Gasteiger partial charge on any atom is -0.351 e. The highest BCUT2D eigenvalue weighted by atomic mass is 15.1. The van der Waals surface area contributed by atoms with Crippen LogP contribution in [0.2, 0.25) is 0 Å². The Morgan fingerprint density at radius 1 is 1.41 bits per heavy atom. The second-order valence-electron chi connectivity index (χ2n) is 6.17. The van der Waals surface area contributed by atoms with Crippen LogP contribution < -0.4 is 11.1 Å². The number of fused-ring (bicyclic) bond motifs is 1. The molecule has 3 N–H and O–H groups in total. The minimum absolute atomic E-state index is 0.0868. The van der Waals surface area contributed by atoms with Crippen LogP contribution in [0.25, 0.3) is 0 Å². The highest BCUT2D eigenvalue weighted by Gasteiger charge is 2.32. The number of rotatable bonds is 2. The van der Waals surface area contributed by atoms with Crippen LogP contribution in [0.1, 0.15) is 50.4 Å². The summed E-state index contributed by atoms with van der Waals surface area (Å²) in [6.07, 6.45) is 6.40. The SMILES string of the molecule is CC1(C)Cc2nc(NC3CC3)ncc2C(N)C1. The van der Waals surface area contributed by atoms with Gasteiger partial charge in [-0.05, 0) is 31.1 Å². The molecule has 2 aliphatic carbocycles. The molecule has 1 saturated carbocycles. The number of hydrogen-bond acceptors (Lipinski definition) is 4. The fourth-order valence-electron chi connectivity index (χ4n) is 2.59. The lowest BCUT2D eigenvalue weighted by atomic mass is 9.74. The summed E-state index contributed by atoms with van der Waals surface area (Å²) < 4.78 is 0. The first-order chi connectivity index (χ1) is 8.03. The first-order valence-electron chi connectivity index (χ1n) is 6.41. The number of nitrogens with two attached hydrogens (primary N) is 1. The average molecular weight is 232 g/mol. The van der Waals surface area contributed by atoms with E-state index < -0.39 is 0 Å². The van der Waals surface area contributed by atoms with Gasteiger partial charge in [-0.25, -0.2) is 9.97 Å². The third-order valence-corrected chi connectivity index (χ3v) is 3.63. The van der Waals surface area contributed by atoms with Crippen molar-refractivity contribution in [2.24, 2.45) is 11.1 Å². The van der Waals surface area contributed by atoms with Gasteiger partial charge >= 0.3 is 0 Å². The standard InChI is InChI=1S/C13H20N4/c1-13(2)5-10(14)9-7-15-12(16-8-3-4-8)17-11(9)6-13/h7-8,10H,3-6,14H2,1-2H3,(H,15,16,17). The molecule has 4 heteroatoms. The number of nitrogens with zero attached hydrogens (tertiary/aromatic N) is 2. The summed E-state index contributed by atoms with van der Waals surface area (Å²) in [5.74, 6) is 0.774. The van der Waals surface area contributed by atoms with E-state index in [2.05, 4.69) is 29.1 Å². The number of aromatic nitrogens is 2. The Kier molecular flexibility index (Phi) is 2.36. The molecule has 0 saturated heterocycles. The van der Waals surface area contributed by atoms with E-state index in [-0.39, 0.29) is 11.5 Å². The second kappa shape index (κ2) is 3.67. The van der Waals surface area contributed by atoms with Crippen LogP contribution in [0.15, 0.2) is 6.20 Å². The molecule has 3 rings (SSSR count). The van der Waals surface area contributed by atoms with Gasteiger partial charge in [0, 0.05) is 23.8 Å². The summed E-state index contributed by atoms with van der Waals surface area (Å²) >= 11 is 0. The van der Waals surface area contributed by atoms with Crippen LogP contribution in [-0.4, -0.2) is 16.0 Å². The first-order valence-corrected chi connectivity index (χ1v) is 6.41. The molecule has 1 atom stereocenters. The van der Waals surface area contributed by atoms with Gasteiger partial charge in [0.2, 0.25) is 5.95 Å². The van der Waals surface area contributed by atoms with Crippen molar-refractivity contribution in [2.75, 3.05) is 5.32 Å². The molecule has 17 heavy (non-hydrogen) atoms. The molecule has 1 unspecified atom stereocenters. The quantitative estimate of drug-likeness (QED) is 0.819. The molecule has 1 aromatic rings. The van der Waals surface area contributed by atoms with E-state index in [4.69, 9.17) is 5.73 Å². The van der Waals surface area contributed by atoms with Crippen molar-refractivity contribution in [1.82, 2.24) is 9.97 Å². The maximum absolute atomic E-state index is 6.19. The van der Waals surface area contributed by atoms with Gasteiger partial charge in [0.05, 0.1) is 5.69 Å². The Morgan fingerprint density at radius 2 is 2.18 bits per heavy atom. The van der Waals surface area contributed by atoms with Crippen molar-refractivity contribution in [3.8, 4) is 0 Å². The van der Waals surface area contributed by atoms with Crippen molar-refractivity contribution in [1.29, 1.82) is 0 Å². The van der Waals surface area contributed by atoms with Crippen LogP contribution in [0.3, 0.4) is 0 Å². The molecule has 0 amide bonds. The maximum atomic E-state index is 6.19. The minimum atomic E-state index is 0.0868. The zero-order chi connectivity index (χ0) is 12.0. The van der Waals surface area contributed by atoms with Crippen LogP contribution in [0.4, 0.5) is 5.95 Å². The topological polar surface area (TPSA) is 63.8 Å². The highest BCUT2D eigenvalue weighted by molar-refractivity contribution is 5.35. The molecule has 1 aromatic heterocycles. The molecule has 2 aliphatic rings. The van der Waals surface area contributed by atoms with E-state index >= 15 is 0 Å². The van der Waals surface area contributed by atoms with Crippen molar-refractivity contribution < 1.29 is 0 Å². The van der Waals surface area contributed by atoms with Gasteiger partial charge in [0.25, 0.3) is 0 Å². The highest BCUT2D eigenvalue weighted by Crippen LogP contribution is 2.38. The fourth-order valence-corrected chi connectivity index (χ4v) is 2.59. The Hall–Kier alpha value is -1.16. The molecule has 1 fully saturated rings. The largest absolute Gasteiger partial charge is 0.351 e. The van der Waals surface area contributed by atoms with Gasteiger partial charge in [0.1, 0.15) is 0 Å². The molecule has 0 bridgehead atoms. The molecule has 1 heterocycles. The molecular formula is C13H20N4. The third kappa shape index (κ3) is 2.27. The molecule has 92 valence electrons. The summed E-state index contributed by atoms with van der Waals surface area (Å²) in [5.41, 5.74) is 8.69. The van der Waals surface area contributed by atoms with E-state index in [1.807, 2.05) is 6.20 Å². The number of nitrogens with one attached hydrogen (secondary N) is 1. The third-order valence-electron chi connectivity index (χ3n) is 3.63. The van der Waals surface area contributed by atoms with Crippen LogP contribution in [0, 0.1) is 5.41 Å². The monoisotopic (exact) mass is 232 g/mol. The second-order valence-corrected chi connectivity index (χ2v) is 6.17. The number of hydrogen-bond donors (Lipinski definition) is 2. The number of anilines is 1. The van der Waals surface area contributed by atoms with Crippen molar-refractivity contribution in [2.45, 2.75) is 51.6 Å². The molecular weight excluding hydrogens is 212 g/mol. The lowest BCUT2D eigenvalue weighted by molar-refractivity contribution is 0.278. The summed E-state index contributed by atoms with van der Waals surface area (Å²) in [4.78, 5) is 9.01. The normalized spacial score (nSPS) is 26.4. The summed E-state index contributed by atoms with van der Waals surface area (Å²) in [5, 5.41) is 3.35. The predicted molar refractivity (Wildman–Crippen MR) is 67.7 cm³/mol. The average Bonchev–Trinajstić information content (AvgIpc) is 2.99. The Bertz CT molecular complexity index is 437. The van der Waals surface area contributed by atoms with Gasteiger partial charge in [-0.1, -0.05) is 13.8 Å². The zero-order valence-corrected chi connectivity index (χ0v) is 10.5. The van der Waals surface area contributed by atoms with Gasteiger partial charge in [-0.15, -0.1) is 0 Å². The lowest BCUT2D eigenvalue weighted by Crippen LogP contribution is -2.31. The zero-order valence-electron chi connectivity index (χ0n) is 10.5. The maximum Gasteiger partial charge on any atom is 0.223 e. The van der Waals surface area contributed by atoms with E-state index in [0.29, 0.717) is 6.04 Å². The van der Waals surface area contributed by atoms with Crippen molar-refractivity contribution in [3.63, 3.8) is 0 Å². The Balaban J connectivity index is 1.90. The van der Waals surface area contributed by atoms with Crippen LogP contribution >= 0.6 is 0 Å². The van der Waals surface area contributed by atoms with Crippen molar-refractivity contribution >= 4 is 5.95 Å². The fraction of sp³-hybridized carbons (Fsp3) is 0.692. The molecule has 0 aromatic carbocycles. The first kappa shape index (κ1) is 11.0. The smallest absolute Gasteiger partial charge is 0.223 e. The van der Waals surface area contributed by atoms with Gasteiger partial charge in [-0.2, -0.15) is 0 Å². The van der Waals surface area contributed by atoms with Gasteiger partial charge < -0.3 is 11.1 Å². The van der Waals surface area contributed by atoms with E-state index in [0.717, 1.165) is 30.0 Å². The summed E-state index contributed by atoms with van der Waals surface area (Å²) in [7, 11) is 0. The van der Waals surface area contributed by atoms with E-state index in [9.17, 15) is 0 Å². The summed E-state index contributed by atoms with van der Waals surface area (Å²) in [6.45, 7) is 4.51. The molecule has 0 spiro atoms.